The third kappa shape index (κ3) is 4.01. The number of aromatic nitrogens is 1. The predicted octanol–water partition coefficient (Wildman–Crippen LogP) is 0.223. The number of ether oxygens (including phenoxy) is 1. The van der Waals surface area contributed by atoms with Gasteiger partial charge in [0.25, 0.3) is 0 Å². The molecular formula is C11H16N2O4. The van der Waals surface area contributed by atoms with Crippen LogP contribution in [0.4, 0.5) is 5.69 Å². The van der Waals surface area contributed by atoms with Crippen molar-refractivity contribution < 1.29 is 19.7 Å². The molecule has 1 aromatic heterocycles. The van der Waals surface area contributed by atoms with Crippen molar-refractivity contribution in [3.63, 3.8) is 0 Å². The lowest BCUT2D eigenvalue weighted by molar-refractivity contribution is 0.0690. The average Bonchev–Trinajstić information content (AvgIpc) is 2.29. The Morgan fingerprint density at radius 2 is 2.35 bits per heavy atom. The van der Waals surface area contributed by atoms with Crippen LogP contribution in [0.5, 0.6) is 0 Å². The summed E-state index contributed by atoms with van der Waals surface area (Å²) >= 11 is 0. The largest absolute Gasteiger partial charge is 0.477 e. The van der Waals surface area contributed by atoms with Crippen LogP contribution in [0.2, 0.25) is 0 Å². The fourth-order valence-electron chi connectivity index (χ4n) is 1.44. The molecule has 1 aromatic rings. The Morgan fingerprint density at radius 1 is 1.65 bits per heavy atom. The van der Waals surface area contributed by atoms with E-state index in [1.807, 2.05) is 0 Å². The molecule has 0 spiro atoms. The van der Waals surface area contributed by atoms with E-state index in [9.17, 15) is 9.90 Å². The summed E-state index contributed by atoms with van der Waals surface area (Å²) in [5, 5.41) is 18.4. The maximum atomic E-state index is 10.8. The second-order valence-electron chi connectivity index (χ2n) is 3.69. The number of aliphatic hydroxyl groups is 1. The number of nitrogens with zero attached hydrogens (tertiary/aromatic N) is 2. The first kappa shape index (κ1) is 13.4. The van der Waals surface area contributed by atoms with Crippen molar-refractivity contribution >= 4 is 11.7 Å². The van der Waals surface area contributed by atoms with Crippen LogP contribution in [0.15, 0.2) is 18.3 Å². The van der Waals surface area contributed by atoms with Gasteiger partial charge >= 0.3 is 5.97 Å². The van der Waals surface area contributed by atoms with Gasteiger partial charge < -0.3 is 19.8 Å². The van der Waals surface area contributed by atoms with Crippen LogP contribution in [0.1, 0.15) is 10.5 Å². The van der Waals surface area contributed by atoms with Crippen molar-refractivity contribution in [2.45, 2.75) is 6.10 Å². The van der Waals surface area contributed by atoms with E-state index in [1.165, 1.54) is 19.4 Å². The second kappa shape index (κ2) is 6.17. The maximum absolute atomic E-state index is 10.8. The van der Waals surface area contributed by atoms with Crippen molar-refractivity contribution in [2.24, 2.45) is 0 Å². The van der Waals surface area contributed by atoms with E-state index in [-0.39, 0.29) is 12.3 Å². The van der Waals surface area contributed by atoms with Crippen molar-refractivity contribution in [1.82, 2.24) is 4.98 Å². The molecule has 17 heavy (non-hydrogen) atoms. The van der Waals surface area contributed by atoms with Crippen LogP contribution in [-0.2, 0) is 4.74 Å². The zero-order valence-corrected chi connectivity index (χ0v) is 9.83. The first-order valence-corrected chi connectivity index (χ1v) is 5.12. The van der Waals surface area contributed by atoms with Crippen molar-refractivity contribution in [3.8, 4) is 0 Å². The van der Waals surface area contributed by atoms with E-state index in [1.54, 1.807) is 18.0 Å². The topological polar surface area (TPSA) is 82.9 Å². The van der Waals surface area contributed by atoms with Crippen molar-refractivity contribution in [3.05, 3.63) is 24.0 Å². The highest BCUT2D eigenvalue weighted by molar-refractivity contribution is 5.86. The first-order valence-electron chi connectivity index (χ1n) is 5.12. The summed E-state index contributed by atoms with van der Waals surface area (Å²) < 4.78 is 4.82. The Bertz CT molecular complexity index is 383. The number of aromatic carboxylic acids is 1. The van der Waals surface area contributed by atoms with Gasteiger partial charge in [-0.1, -0.05) is 0 Å². The third-order valence-corrected chi connectivity index (χ3v) is 2.25. The molecule has 0 fully saturated rings. The number of likely N-dealkylation sites (N-methyl/N-ethyl adjacent to an activating group) is 1. The molecule has 1 unspecified atom stereocenters. The predicted molar refractivity (Wildman–Crippen MR) is 62.3 cm³/mol. The van der Waals surface area contributed by atoms with Gasteiger partial charge in [-0.05, 0) is 12.1 Å². The lowest BCUT2D eigenvalue weighted by Crippen LogP contribution is -2.32. The quantitative estimate of drug-likeness (QED) is 0.740. The molecule has 0 aliphatic heterocycles. The molecule has 0 saturated carbocycles. The molecule has 0 aromatic carbocycles. The van der Waals surface area contributed by atoms with Crippen molar-refractivity contribution in [1.29, 1.82) is 0 Å². The second-order valence-corrected chi connectivity index (χ2v) is 3.69. The van der Waals surface area contributed by atoms with Gasteiger partial charge in [-0.25, -0.2) is 9.78 Å². The molecule has 0 amide bonds. The fraction of sp³-hybridized carbons (Fsp3) is 0.455. The van der Waals surface area contributed by atoms with Crippen LogP contribution in [-0.4, -0.2) is 54.6 Å². The number of methoxy groups -OCH3 is 1. The zero-order chi connectivity index (χ0) is 12.8. The van der Waals surface area contributed by atoms with E-state index in [4.69, 9.17) is 9.84 Å². The number of carbonyl (C=O) groups is 1. The minimum absolute atomic E-state index is 0.0180. The molecular weight excluding hydrogens is 224 g/mol. The molecule has 1 rings (SSSR count). The molecule has 6 heteroatoms. The normalized spacial score (nSPS) is 12.2. The lowest BCUT2D eigenvalue weighted by Gasteiger charge is -2.22. The number of carboxylic acid groups (broad SMARTS) is 1. The van der Waals surface area contributed by atoms with Crippen LogP contribution in [0, 0.1) is 0 Å². The SMILES string of the molecule is COCC(O)CN(C)c1ccnc(C(=O)O)c1. The van der Waals surface area contributed by atoms with Crippen LogP contribution < -0.4 is 4.90 Å². The molecule has 0 saturated heterocycles. The zero-order valence-electron chi connectivity index (χ0n) is 9.83. The minimum atomic E-state index is -1.07. The van der Waals surface area contributed by atoms with Crippen LogP contribution in [0.25, 0.3) is 0 Å². The number of pyridine rings is 1. The molecule has 2 N–H and O–H groups in total. The molecule has 1 atom stereocenters. The summed E-state index contributed by atoms with van der Waals surface area (Å²) in [6.07, 6.45) is 0.810. The summed E-state index contributed by atoms with van der Waals surface area (Å²) in [5.74, 6) is -1.07. The smallest absolute Gasteiger partial charge is 0.354 e. The Balaban J connectivity index is 2.71. The van der Waals surface area contributed by atoms with Gasteiger partial charge in [0.1, 0.15) is 5.69 Å². The Labute approximate surface area is 99.5 Å². The van der Waals surface area contributed by atoms with Gasteiger partial charge in [0, 0.05) is 32.6 Å². The monoisotopic (exact) mass is 240 g/mol. The van der Waals surface area contributed by atoms with Gasteiger partial charge in [-0.15, -0.1) is 0 Å². The summed E-state index contributed by atoms with van der Waals surface area (Å²) in [5.41, 5.74) is 0.670. The van der Waals surface area contributed by atoms with Crippen molar-refractivity contribution in [2.75, 3.05) is 32.2 Å². The van der Waals surface area contributed by atoms with E-state index in [0.717, 1.165) is 0 Å². The van der Waals surface area contributed by atoms with Gasteiger partial charge in [0.15, 0.2) is 0 Å². The molecule has 6 nitrogen and oxygen atoms in total. The molecule has 0 radical (unpaired) electrons. The van der Waals surface area contributed by atoms with Gasteiger partial charge in [-0.3, -0.25) is 0 Å². The lowest BCUT2D eigenvalue weighted by atomic mass is 10.2. The number of carboxylic acids is 1. The summed E-state index contributed by atoms with van der Waals surface area (Å²) in [7, 11) is 3.28. The third-order valence-electron chi connectivity index (χ3n) is 2.25. The first-order chi connectivity index (χ1) is 8.04. The van der Waals surface area contributed by atoms with Gasteiger partial charge in [0.2, 0.25) is 0 Å². The highest BCUT2D eigenvalue weighted by Crippen LogP contribution is 2.13. The number of hydrogen-bond acceptors (Lipinski definition) is 5. The molecule has 0 bridgehead atoms. The minimum Gasteiger partial charge on any atom is -0.477 e. The van der Waals surface area contributed by atoms with Gasteiger partial charge in [-0.2, -0.15) is 0 Å². The number of rotatable bonds is 6. The summed E-state index contributed by atoms with van der Waals surface area (Å²) in [6, 6.07) is 3.15. The molecule has 1 heterocycles. The Kier molecular flexibility index (Phi) is 4.86. The number of hydrogen-bond donors (Lipinski definition) is 2. The molecule has 0 aliphatic carbocycles. The number of anilines is 1. The molecule has 0 aliphatic rings. The van der Waals surface area contributed by atoms with E-state index in [0.29, 0.717) is 12.2 Å². The standard InChI is InChI=1S/C11H16N2O4/c1-13(6-9(14)7-17-2)8-3-4-12-10(5-8)11(15)16/h3-5,9,14H,6-7H2,1-2H3,(H,15,16). The maximum Gasteiger partial charge on any atom is 0.354 e. The van der Waals surface area contributed by atoms with Crippen LogP contribution >= 0.6 is 0 Å². The van der Waals surface area contributed by atoms with E-state index in [2.05, 4.69) is 4.98 Å². The average molecular weight is 240 g/mol. The fourth-order valence-corrected chi connectivity index (χ4v) is 1.44. The van der Waals surface area contributed by atoms with Crippen LogP contribution in [0.3, 0.4) is 0 Å². The Morgan fingerprint density at radius 3 is 2.94 bits per heavy atom. The van der Waals surface area contributed by atoms with E-state index < -0.39 is 12.1 Å². The molecule has 94 valence electrons. The number of aliphatic hydroxyl groups excluding tert-OH is 1. The Hall–Kier alpha value is -1.66. The van der Waals surface area contributed by atoms with Gasteiger partial charge in [0.05, 0.1) is 12.7 Å². The highest BCUT2D eigenvalue weighted by atomic mass is 16.5. The highest BCUT2D eigenvalue weighted by Gasteiger charge is 2.11. The van der Waals surface area contributed by atoms with E-state index >= 15 is 0 Å². The summed E-state index contributed by atoms with van der Waals surface area (Å²) in [4.78, 5) is 16.2. The summed E-state index contributed by atoms with van der Waals surface area (Å²) in [6.45, 7) is 0.595.